The Kier molecular flexibility index (Phi) is 2.47. The van der Waals surface area contributed by atoms with Gasteiger partial charge in [-0.25, -0.2) is 0 Å². The molecule has 0 aliphatic carbocycles. The largest absolute Gasteiger partial charge is 0.309 e. The van der Waals surface area contributed by atoms with Gasteiger partial charge in [-0.1, -0.05) is 30.3 Å². The fourth-order valence-corrected chi connectivity index (χ4v) is 2.86. The van der Waals surface area contributed by atoms with Crippen LogP contribution in [0.1, 0.15) is 18.4 Å². The molecule has 0 radical (unpaired) electrons. The van der Waals surface area contributed by atoms with Crippen molar-refractivity contribution in [2.24, 2.45) is 0 Å². The lowest BCUT2D eigenvalue weighted by molar-refractivity contribution is 0.189. The number of hydrogen-bond donors (Lipinski definition) is 1. The molecule has 2 nitrogen and oxygen atoms in total. The zero-order valence-electron chi connectivity index (χ0n) is 9.02. The van der Waals surface area contributed by atoms with Crippen LogP contribution in [0.4, 0.5) is 0 Å². The van der Waals surface area contributed by atoms with Crippen LogP contribution in [0.15, 0.2) is 30.3 Å². The van der Waals surface area contributed by atoms with Crippen LogP contribution in [0, 0.1) is 0 Å². The lowest BCUT2D eigenvalue weighted by Gasteiger charge is -2.32. The van der Waals surface area contributed by atoms with Gasteiger partial charge in [-0.05, 0) is 18.4 Å². The van der Waals surface area contributed by atoms with Gasteiger partial charge in [0.25, 0.3) is 0 Å². The highest BCUT2D eigenvalue weighted by Gasteiger charge is 2.31. The number of benzene rings is 1. The molecule has 0 amide bonds. The van der Waals surface area contributed by atoms with Gasteiger partial charge in [0.2, 0.25) is 0 Å². The summed E-state index contributed by atoms with van der Waals surface area (Å²) in [6, 6.07) is 12.3. The molecule has 2 saturated heterocycles. The molecule has 1 aromatic carbocycles. The Bertz CT molecular complexity index is 311. The summed E-state index contributed by atoms with van der Waals surface area (Å²) in [5, 5.41) is 3.66. The topological polar surface area (TPSA) is 15.3 Å². The first-order valence-corrected chi connectivity index (χ1v) is 5.92. The van der Waals surface area contributed by atoms with Crippen LogP contribution in [0.3, 0.4) is 0 Å². The molecule has 2 aliphatic heterocycles. The minimum Gasteiger partial charge on any atom is -0.309 e. The predicted molar refractivity (Wildman–Crippen MR) is 61.7 cm³/mol. The Hall–Kier alpha value is -0.860. The smallest absolute Gasteiger partial charge is 0.0235 e. The Morgan fingerprint density at radius 2 is 1.73 bits per heavy atom. The minimum absolute atomic E-state index is 0.757. The third-order valence-electron chi connectivity index (χ3n) is 3.54. The first kappa shape index (κ1) is 9.37. The first-order chi connectivity index (χ1) is 7.40. The zero-order chi connectivity index (χ0) is 10.1. The van der Waals surface area contributed by atoms with Crippen molar-refractivity contribution in [1.29, 1.82) is 0 Å². The molecule has 2 fully saturated rings. The van der Waals surface area contributed by atoms with Gasteiger partial charge in [-0.15, -0.1) is 0 Å². The third kappa shape index (κ3) is 2.06. The summed E-state index contributed by atoms with van der Waals surface area (Å²) in [7, 11) is 0. The number of rotatable bonds is 2. The highest BCUT2D eigenvalue weighted by Crippen LogP contribution is 2.21. The Labute approximate surface area is 91.3 Å². The van der Waals surface area contributed by atoms with Gasteiger partial charge in [-0.3, -0.25) is 4.90 Å². The molecule has 2 bridgehead atoms. The van der Waals surface area contributed by atoms with Crippen molar-refractivity contribution in [2.45, 2.75) is 31.5 Å². The Morgan fingerprint density at radius 3 is 2.40 bits per heavy atom. The maximum absolute atomic E-state index is 3.66. The Balaban J connectivity index is 1.65. The molecule has 2 atom stereocenters. The maximum Gasteiger partial charge on any atom is 0.0235 e. The molecule has 15 heavy (non-hydrogen) atoms. The van der Waals surface area contributed by atoms with Crippen LogP contribution in [-0.4, -0.2) is 30.1 Å². The standard InChI is InChI=1S/C13H18N2/c1-2-4-11(5-3-1)8-15-9-12-6-7-13(10-15)14-12/h1-5,12-14H,6-10H2/t12-,13?/m1/s1. The summed E-state index contributed by atoms with van der Waals surface area (Å²) in [4.78, 5) is 2.59. The van der Waals surface area contributed by atoms with Crippen LogP contribution in [-0.2, 0) is 6.54 Å². The second-order valence-corrected chi connectivity index (χ2v) is 4.82. The van der Waals surface area contributed by atoms with E-state index in [0.717, 1.165) is 18.6 Å². The molecule has 2 aliphatic rings. The molecule has 1 unspecified atom stereocenters. The van der Waals surface area contributed by atoms with Gasteiger partial charge in [0.05, 0.1) is 0 Å². The molecule has 0 aromatic heterocycles. The van der Waals surface area contributed by atoms with E-state index in [9.17, 15) is 0 Å². The summed E-state index contributed by atoms with van der Waals surface area (Å²) < 4.78 is 0. The van der Waals surface area contributed by atoms with Gasteiger partial charge >= 0.3 is 0 Å². The average molecular weight is 202 g/mol. The monoisotopic (exact) mass is 202 g/mol. The van der Waals surface area contributed by atoms with E-state index in [2.05, 4.69) is 40.5 Å². The van der Waals surface area contributed by atoms with Crippen molar-refractivity contribution in [3.63, 3.8) is 0 Å². The molecule has 2 heteroatoms. The van der Waals surface area contributed by atoms with Gasteiger partial charge < -0.3 is 5.32 Å². The number of nitrogens with one attached hydrogen (secondary N) is 1. The summed E-state index contributed by atoms with van der Waals surface area (Å²) >= 11 is 0. The molecular weight excluding hydrogens is 184 g/mol. The fourth-order valence-electron chi connectivity index (χ4n) is 2.86. The van der Waals surface area contributed by atoms with E-state index < -0.39 is 0 Å². The van der Waals surface area contributed by atoms with E-state index in [0.29, 0.717) is 0 Å². The van der Waals surface area contributed by atoms with Crippen molar-refractivity contribution >= 4 is 0 Å². The quantitative estimate of drug-likeness (QED) is 0.784. The lowest BCUT2D eigenvalue weighted by Crippen LogP contribution is -2.50. The van der Waals surface area contributed by atoms with E-state index in [1.807, 2.05) is 0 Å². The van der Waals surface area contributed by atoms with Gasteiger partial charge in [0, 0.05) is 31.7 Å². The molecule has 1 aromatic rings. The van der Waals surface area contributed by atoms with E-state index in [1.54, 1.807) is 0 Å². The molecule has 3 rings (SSSR count). The number of piperazine rings is 1. The lowest BCUT2D eigenvalue weighted by atomic mass is 10.1. The van der Waals surface area contributed by atoms with E-state index in [1.165, 1.54) is 31.5 Å². The summed E-state index contributed by atoms with van der Waals surface area (Å²) in [5.74, 6) is 0. The normalized spacial score (nSPS) is 30.7. The number of fused-ring (bicyclic) bond motifs is 2. The third-order valence-corrected chi connectivity index (χ3v) is 3.54. The summed E-state index contributed by atoms with van der Waals surface area (Å²) in [6.45, 7) is 3.58. The van der Waals surface area contributed by atoms with Crippen LogP contribution in [0.5, 0.6) is 0 Å². The van der Waals surface area contributed by atoms with Gasteiger partial charge in [0.1, 0.15) is 0 Å². The predicted octanol–water partition coefficient (Wildman–Crippen LogP) is 1.62. The van der Waals surface area contributed by atoms with Crippen molar-refractivity contribution in [3.8, 4) is 0 Å². The highest BCUT2D eigenvalue weighted by atomic mass is 15.2. The summed E-state index contributed by atoms with van der Waals surface area (Å²) in [6.07, 6.45) is 2.74. The van der Waals surface area contributed by atoms with Gasteiger partial charge in [-0.2, -0.15) is 0 Å². The van der Waals surface area contributed by atoms with Crippen LogP contribution in [0.2, 0.25) is 0 Å². The van der Waals surface area contributed by atoms with E-state index in [4.69, 9.17) is 0 Å². The van der Waals surface area contributed by atoms with Gasteiger partial charge in [0.15, 0.2) is 0 Å². The van der Waals surface area contributed by atoms with Crippen LogP contribution >= 0.6 is 0 Å². The Morgan fingerprint density at radius 1 is 1.07 bits per heavy atom. The molecular formula is C13H18N2. The van der Waals surface area contributed by atoms with Crippen LogP contribution < -0.4 is 5.32 Å². The second-order valence-electron chi connectivity index (χ2n) is 4.82. The van der Waals surface area contributed by atoms with E-state index >= 15 is 0 Å². The molecule has 1 N–H and O–H groups in total. The number of hydrogen-bond acceptors (Lipinski definition) is 2. The highest BCUT2D eigenvalue weighted by molar-refractivity contribution is 5.14. The molecule has 80 valence electrons. The minimum atomic E-state index is 0.757. The maximum atomic E-state index is 3.66. The van der Waals surface area contributed by atoms with Crippen molar-refractivity contribution in [2.75, 3.05) is 13.1 Å². The molecule has 0 saturated carbocycles. The van der Waals surface area contributed by atoms with Crippen molar-refractivity contribution in [1.82, 2.24) is 10.2 Å². The first-order valence-electron chi connectivity index (χ1n) is 5.92. The zero-order valence-corrected chi connectivity index (χ0v) is 9.02. The number of likely N-dealkylation sites (tertiary alicyclic amines) is 1. The SMILES string of the molecule is c1ccc(CN2CC3CC[C@H](C2)N3)cc1. The average Bonchev–Trinajstić information content (AvgIpc) is 2.60. The fraction of sp³-hybridized carbons (Fsp3) is 0.538. The van der Waals surface area contributed by atoms with Crippen molar-refractivity contribution < 1.29 is 0 Å². The van der Waals surface area contributed by atoms with Crippen molar-refractivity contribution in [3.05, 3.63) is 35.9 Å². The summed E-state index contributed by atoms with van der Waals surface area (Å²) in [5.41, 5.74) is 1.44. The number of nitrogens with zero attached hydrogens (tertiary/aromatic N) is 1. The molecule has 2 heterocycles. The second kappa shape index (κ2) is 3.95. The molecule has 0 spiro atoms. The van der Waals surface area contributed by atoms with Crippen LogP contribution in [0.25, 0.3) is 0 Å². The van der Waals surface area contributed by atoms with E-state index in [-0.39, 0.29) is 0 Å².